The molecule has 0 aromatic carbocycles. The molecule has 0 atom stereocenters. The van der Waals surface area contributed by atoms with Gasteiger partial charge in [-0.3, -0.25) is 0 Å². The summed E-state index contributed by atoms with van der Waals surface area (Å²) in [5, 5.41) is 13.2. The summed E-state index contributed by atoms with van der Waals surface area (Å²) in [4.78, 5) is 14.1. The Hall–Kier alpha value is -1.79. The minimum Gasteiger partial charge on any atom is -0.396 e. The quantitative estimate of drug-likeness (QED) is 0.682. The number of nitrogens with zero attached hydrogens (tertiary/aromatic N) is 3. The minimum absolute atomic E-state index is 0.264. The molecule has 0 fully saturated rings. The molecular weight excluding hydrogens is 272 g/mol. The van der Waals surface area contributed by atoms with E-state index in [0.29, 0.717) is 0 Å². The van der Waals surface area contributed by atoms with Crippen LogP contribution in [0.1, 0.15) is 19.3 Å². The van der Waals surface area contributed by atoms with Crippen LogP contribution in [0.4, 0.5) is 5.82 Å². The molecule has 0 spiro atoms. The Morgan fingerprint density at radius 1 is 1.15 bits per heavy atom. The number of aromatic nitrogens is 3. The van der Waals surface area contributed by atoms with Crippen LogP contribution in [0.25, 0.3) is 20.4 Å². The Balaban J connectivity index is 1.84. The van der Waals surface area contributed by atoms with Gasteiger partial charge in [-0.15, -0.1) is 11.3 Å². The van der Waals surface area contributed by atoms with Crippen molar-refractivity contribution in [2.75, 3.05) is 18.5 Å². The molecule has 5 nitrogen and oxygen atoms in total. The molecule has 0 amide bonds. The Kier molecular flexibility index (Phi) is 4.03. The van der Waals surface area contributed by atoms with E-state index in [-0.39, 0.29) is 6.61 Å². The van der Waals surface area contributed by atoms with Crippen molar-refractivity contribution in [1.29, 1.82) is 0 Å². The van der Waals surface area contributed by atoms with E-state index >= 15 is 0 Å². The van der Waals surface area contributed by atoms with Crippen LogP contribution in [0.15, 0.2) is 24.7 Å². The van der Waals surface area contributed by atoms with Crippen LogP contribution < -0.4 is 5.32 Å². The standard InChI is InChI=1S/C14H16N4OS/c19-8-3-1-2-6-15-13-12-11(17-9-18-13)10-5-4-7-16-14(10)20-12/h4-5,7,9,19H,1-3,6,8H2,(H,15,17,18). The van der Waals surface area contributed by atoms with E-state index in [2.05, 4.69) is 20.3 Å². The number of hydrogen-bond acceptors (Lipinski definition) is 6. The maximum Gasteiger partial charge on any atom is 0.147 e. The molecule has 0 saturated carbocycles. The molecule has 2 N–H and O–H groups in total. The summed E-state index contributed by atoms with van der Waals surface area (Å²) in [5.41, 5.74) is 0.964. The number of aliphatic hydroxyl groups excluding tert-OH is 1. The van der Waals surface area contributed by atoms with Gasteiger partial charge in [0, 0.05) is 24.7 Å². The SMILES string of the molecule is OCCCCCNc1ncnc2c1sc1ncccc12. The number of anilines is 1. The zero-order valence-electron chi connectivity index (χ0n) is 11.0. The number of aliphatic hydroxyl groups is 1. The molecule has 3 rings (SSSR count). The highest BCUT2D eigenvalue weighted by atomic mass is 32.1. The lowest BCUT2D eigenvalue weighted by atomic mass is 10.2. The predicted molar refractivity (Wildman–Crippen MR) is 82.1 cm³/mol. The van der Waals surface area contributed by atoms with E-state index in [1.807, 2.05) is 12.1 Å². The Morgan fingerprint density at radius 3 is 3.00 bits per heavy atom. The highest BCUT2D eigenvalue weighted by molar-refractivity contribution is 7.25. The van der Waals surface area contributed by atoms with Crippen LogP contribution in [0.3, 0.4) is 0 Å². The number of fused-ring (bicyclic) bond motifs is 3. The first-order valence-electron chi connectivity index (χ1n) is 6.73. The van der Waals surface area contributed by atoms with Crippen molar-refractivity contribution in [1.82, 2.24) is 15.0 Å². The van der Waals surface area contributed by atoms with Crippen molar-refractivity contribution in [3.05, 3.63) is 24.7 Å². The molecule has 0 aliphatic carbocycles. The lowest BCUT2D eigenvalue weighted by molar-refractivity contribution is 0.283. The molecule has 0 saturated heterocycles. The van der Waals surface area contributed by atoms with Crippen molar-refractivity contribution < 1.29 is 5.11 Å². The monoisotopic (exact) mass is 288 g/mol. The van der Waals surface area contributed by atoms with Gasteiger partial charge in [-0.25, -0.2) is 15.0 Å². The number of hydrogen-bond donors (Lipinski definition) is 2. The Labute approximate surface area is 120 Å². The molecule has 0 radical (unpaired) electrons. The van der Waals surface area contributed by atoms with E-state index in [0.717, 1.165) is 52.1 Å². The molecule has 0 bridgehead atoms. The molecule has 0 aliphatic rings. The molecule has 104 valence electrons. The highest BCUT2D eigenvalue weighted by Gasteiger charge is 2.10. The summed E-state index contributed by atoms with van der Waals surface area (Å²) in [6, 6.07) is 3.97. The Bertz CT molecular complexity index is 713. The second kappa shape index (κ2) is 6.11. The van der Waals surface area contributed by atoms with Gasteiger partial charge in [0.05, 0.1) is 10.2 Å². The summed E-state index contributed by atoms with van der Waals surface area (Å²) >= 11 is 1.62. The van der Waals surface area contributed by atoms with Crippen molar-refractivity contribution >= 4 is 37.6 Å². The minimum atomic E-state index is 0.264. The number of unbranched alkanes of at least 4 members (excludes halogenated alkanes) is 2. The van der Waals surface area contributed by atoms with Crippen LogP contribution in [-0.2, 0) is 0 Å². The number of pyridine rings is 1. The fourth-order valence-electron chi connectivity index (χ4n) is 2.16. The van der Waals surface area contributed by atoms with E-state index in [1.165, 1.54) is 0 Å². The first kappa shape index (κ1) is 13.2. The van der Waals surface area contributed by atoms with Crippen LogP contribution in [0.2, 0.25) is 0 Å². The van der Waals surface area contributed by atoms with Crippen molar-refractivity contribution in [3.8, 4) is 0 Å². The van der Waals surface area contributed by atoms with Crippen LogP contribution in [0.5, 0.6) is 0 Å². The van der Waals surface area contributed by atoms with Gasteiger partial charge in [0.25, 0.3) is 0 Å². The van der Waals surface area contributed by atoms with Gasteiger partial charge in [-0.2, -0.15) is 0 Å². The van der Waals surface area contributed by atoms with Gasteiger partial charge in [0.15, 0.2) is 0 Å². The largest absolute Gasteiger partial charge is 0.396 e. The lowest BCUT2D eigenvalue weighted by Gasteiger charge is -2.05. The first-order chi connectivity index (χ1) is 9.90. The van der Waals surface area contributed by atoms with Crippen LogP contribution in [0, 0.1) is 0 Å². The lowest BCUT2D eigenvalue weighted by Crippen LogP contribution is -2.03. The first-order valence-corrected chi connectivity index (χ1v) is 7.55. The van der Waals surface area contributed by atoms with Gasteiger partial charge < -0.3 is 10.4 Å². The molecular formula is C14H16N4OS. The molecule has 3 aromatic rings. The van der Waals surface area contributed by atoms with Gasteiger partial charge in [-0.1, -0.05) is 0 Å². The number of thiophene rings is 1. The van der Waals surface area contributed by atoms with E-state index in [4.69, 9.17) is 5.11 Å². The second-order valence-corrected chi connectivity index (χ2v) is 5.57. The summed E-state index contributed by atoms with van der Waals surface area (Å²) in [7, 11) is 0. The number of rotatable bonds is 6. The Morgan fingerprint density at radius 2 is 2.10 bits per heavy atom. The smallest absolute Gasteiger partial charge is 0.147 e. The summed E-state index contributed by atoms with van der Waals surface area (Å²) in [5.74, 6) is 0.877. The van der Waals surface area contributed by atoms with Crippen LogP contribution >= 0.6 is 11.3 Å². The van der Waals surface area contributed by atoms with E-state index in [9.17, 15) is 0 Å². The fraction of sp³-hybridized carbons (Fsp3) is 0.357. The third kappa shape index (κ3) is 2.57. The predicted octanol–water partition coefficient (Wildman–Crippen LogP) is 2.81. The van der Waals surface area contributed by atoms with Gasteiger partial charge in [0.1, 0.15) is 17.0 Å². The molecule has 20 heavy (non-hydrogen) atoms. The van der Waals surface area contributed by atoms with Crippen LogP contribution in [-0.4, -0.2) is 33.2 Å². The van der Waals surface area contributed by atoms with Crippen molar-refractivity contribution in [3.63, 3.8) is 0 Å². The van der Waals surface area contributed by atoms with Gasteiger partial charge in [0.2, 0.25) is 0 Å². The summed E-state index contributed by atoms with van der Waals surface area (Å²) < 4.78 is 1.06. The van der Waals surface area contributed by atoms with E-state index in [1.54, 1.807) is 23.9 Å². The summed E-state index contributed by atoms with van der Waals surface area (Å²) in [6.07, 6.45) is 6.29. The fourth-order valence-corrected chi connectivity index (χ4v) is 3.22. The third-order valence-corrected chi connectivity index (χ3v) is 4.27. The van der Waals surface area contributed by atoms with Crippen molar-refractivity contribution in [2.24, 2.45) is 0 Å². The maximum absolute atomic E-state index is 8.76. The molecule has 3 aromatic heterocycles. The topological polar surface area (TPSA) is 70.9 Å². The average Bonchev–Trinajstić information content (AvgIpc) is 2.87. The van der Waals surface area contributed by atoms with Gasteiger partial charge in [-0.05, 0) is 31.4 Å². The zero-order chi connectivity index (χ0) is 13.8. The summed E-state index contributed by atoms with van der Waals surface area (Å²) in [6.45, 7) is 1.12. The molecule has 0 unspecified atom stereocenters. The molecule has 3 heterocycles. The average molecular weight is 288 g/mol. The van der Waals surface area contributed by atoms with E-state index < -0.39 is 0 Å². The van der Waals surface area contributed by atoms with Crippen molar-refractivity contribution in [2.45, 2.75) is 19.3 Å². The zero-order valence-corrected chi connectivity index (χ0v) is 11.9. The van der Waals surface area contributed by atoms with Gasteiger partial charge >= 0.3 is 0 Å². The maximum atomic E-state index is 8.76. The highest BCUT2D eigenvalue weighted by Crippen LogP contribution is 2.34. The molecule has 6 heteroatoms. The third-order valence-electron chi connectivity index (χ3n) is 3.16. The second-order valence-electron chi connectivity index (χ2n) is 4.57. The normalized spacial score (nSPS) is 11.2. The molecule has 0 aliphatic heterocycles. The number of nitrogens with one attached hydrogen (secondary N) is 1.